The molecule has 4 heteroatoms. The Balaban J connectivity index is 2.69. The fourth-order valence-corrected chi connectivity index (χ4v) is 2.47. The molecular formula is C16H21N3O. The van der Waals surface area contributed by atoms with Crippen molar-refractivity contribution in [3.8, 4) is 11.3 Å². The summed E-state index contributed by atoms with van der Waals surface area (Å²) in [5.41, 5.74) is 12.3. The van der Waals surface area contributed by atoms with E-state index >= 15 is 0 Å². The second-order valence-corrected chi connectivity index (χ2v) is 5.20. The average molecular weight is 271 g/mol. The van der Waals surface area contributed by atoms with Crippen molar-refractivity contribution in [1.82, 2.24) is 9.78 Å². The number of hydrogen-bond acceptors (Lipinski definition) is 3. The first-order valence-electron chi connectivity index (χ1n) is 6.81. The van der Waals surface area contributed by atoms with Gasteiger partial charge in [-0.05, 0) is 56.0 Å². The number of hydrogen-bond donors (Lipinski definition) is 1. The molecule has 0 amide bonds. The Morgan fingerprint density at radius 3 is 2.25 bits per heavy atom. The Hall–Kier alpha value is -1.94. The van der Waals surface area contributed by atoms with E-state index < -0.39 is 0 Å². The van der Waals surface area contributed by atoms with Crippen LogP contribution in [0.1, 0.15) is 22.3 Å². The lowest BCUT2D eigenvalue weighted by atomic mass is 9.92. The van der Waals surface area contributed by atoms with Crippen LogP contribution in [-0.4, -0.2) is 16.3 Å². The van der Waals surface area contributed by atoms with Crippen LogP contribution >= 0.6 is 0 Å². The Labute approximate surface area is 119 Å². The molecule has 2 N–H and O–H groups in total. The molecule has 1 aromatic heterocycles. The van der Waals surface area contributed by atoms with Crippen LogP contribution in [0.2, 0.25) is 0 Å². The molecule has 0 aliphatic heterocycles. The number of nitrogens with zero attached hydrogens (tertiary/aromatic N) is 2. The summed E-state index contributed by atoms with van der Waals surface area (Å²) in [6, 6.07) is 5.54. The van der Waals surface area contributed by atoms with Gasteiger partial charge in [-0.3, -0.25) is 4.79 Å². The third kappa shape index (κ3) is 2.51. The third-order valence-corrected chi connectivity index (χ3v) is 3.83. The molecule has 0 radical (unpaired) electrons. The van der Waals surface area contributed by atoms with Gasteiger partial charge in [-0.2, -0.15) is 5.10 Å². The quantitative estimate of drug-likeness (QED) is 0.930. The van der Waals surface area contributed by atoms with Crippen molar-refractivity contribution in [2.24, 2.45) is 5.73 Å². The summed E-state index contributed by atoms with van der Waals surface area (Å²) in [6.45, 7) is 9.23. The van der Waals surface area contributed by atoms with Gasteiger partial charge in [0, 0.05) is 18.2 Å². The molecule has 2 aromatic rings. The minimum Gasteiger partial charge on any atom is -0.329 e. The van der Waals surface area contributed by atoms with E-state index in [9.17, 15) is 4.79 Å². The van der Waals surface area contributed by atoms with E-state index in [-0.39, 0.29) is 5.56 Å². The maximum Gasteiger partial charge on any atom is 0.266 e. The lowest BCUT2D eigenvalue weighted by molar-refractivity contribution is 0.590. The first-order valence-corrected chi connectivity index (χ1v) is 6.81. The van der Waals surface area contributed by atoms with E-state index in [1.54, 1.807) is 12.1 Å². The molecule has 0 bridgehead atoms. The molecular weight excluding hydrogens is 250 g/mol. The predicted octanol–water partition coefficient (Wildman–Crippen LogP) is 2.10. The van der Waals surface area contributed by atoms with E-state index in [2.05, 4.69) is 38.9 Å². The molecule has 4 nitrogen and oxygen atoms in total. The number of nitrogens with two attached hydrogens (primary N) is 1. The number of benzene rings is 1. The molecule has 20 heavy (non-hydrogen) atoms. The van der Waals surface area contributed by atoms with Gasteiger partial charge in [-0.15, -0.1) is 0 Å². The lowest BCUT2D eigenvalue weighted by Crippen LogP contribution is -2.26. The average Bonchev–Trinajstić information content (AvgIpc) is 2.40. The standard InChI is InChI=1S/C16H21N3O/c1-10-9-11(2)13(4)16(12(10)3)14-5-6-15(20)19(18-14)8-7-17/h5-6,9H,7-8,17H2,1-4H3. The maximum atomic E-state index is 11.7. The minimum absolute atomic E-state index is 0.112. The van der Waals surface area contributed by atoms with Crippen molar-refractivity contribution in [3.63, 3.8) is 0 Å². The van der Waals surface area contributed by atoms with Crippen LogP contribution in [-0.2, 0) is 6.54 Å². The highest BCUT2D eigenvalue weighted by atomic mass is 16.1. The summed E-state index contributed by atoms with van der Waals surface area (Å²) in [5.74, 6) is 0. The predicted molar refractivity (Wildman–Crippen MR) is 81.9 cm³/mol. The Morgan fingerprint density at radius 1 is 1.10 bits per heavy atom. The summed E-state index contributed by atoms with van der Waals surface area (Å²) >= 11 is 0. The van der Waals surface area contributed by atoms with Crippen molar-refractivity contribution in [2.75, 3.05) is 6.54 Å². The summed E-state index contributed by atoms with van der Waals surface area (Å²) < 4.78 is 1.44. The van der Waals surface area contributed by atoms with E-state index in [4.69, 9.17) is 5.73 Å². The second kappa shape index (κ2) is 5.59. The van der Waals surface area contributed by atoms with Gasteiger partial charge < -0.3 is 5.73 Å². The van der Waals surface area contributed by atoms with Gasteiger partial charge in [0.2, 0.25) is 0 Å². The van der Waals surface area contributed by atoms with E-state index in [1.807, 2.05) is 0 Å². The van der Waals surface area contributed by atoms with E-state index in [0.29, 0.717) is 13.1 Å². The van der Waals surface area contributed by atoms with E-state index in [1.165, 1.54) is 26.9 Å². The lowest BCUT2D eigenvalue weighted by Gasteiger charge is -2.15. The number of aromatic nitrogens is 2. The second-order valence-electron chi connectivity index (χ2n) is 5.20. The highest BCUT2D eigenvalue weighted by molar-refractivity contribution is 5.70. The van der Waals surface area contributed by atoms with Crippen LogP contribution in [0.25, 0.3) is 11.3 Å². The Kier molecular flexibility index (Phi) is 4.04. The first-order chi connectivity index (χ1) is 9.45. The zero-order valence-corrected chi connectivity index (χ0v) is 12.5. The molecule has 1 aromatic carbocycles. The van der Waals surface area contributed by atoms with Crippen LogP contribution in [0.4, 0.5) is 0 Å². The molecule has 0 unspecified atom stereocenters. The number of aryl methyl sites for hydroxylation is 2. The minimum atomic E-state index is -0.112. The van der Waals surface area contributed by atoms with Crippen LogP contribution in [0.3, 0.4) is 0 Å². The molecule has 2 rings (SSSR count). The SMILES string of the molecule is Cc1cc(C)c(C)c(-c2ccc(=O)n(CCN)n2)c1C. The Morgan fingerprint density at radius 2 is 1.70 bits per heavy atom. The van der Waals surface area contributed by atoms with Crippen LogP contribution in [0.15, 0.2) is 23.0 Å². The normalized spacial score (nSPS) is 10.8. The van der Waals surface area contributed by atoms with Gasteiger partial charge in [0.05, 0.1) is 12.2 Å². The van der Waals surface area contributed by atoms with Gasteiger partial charge in [-0.25, -0.2) is 4.68 Å². The van der Waals surface area contributed by atoms with Crippen molar-refractivity contribution in [2.45, 2.75) is 34.2 Å². The van der Waals surface area contributed by atoms with Gasteiger partial charge in [0.25, 0.3) is 5.56 Å². The third-order valence-electron chi connectivity index (χ3n) is 3.83. The summed E-state index contributed by atoms with van der Waals surface area (Å²) in [5, 5.41) is 4.46. The zero-order valence-electron chi connectivity index (χ0n) is 12.5. The zero-order chi connectivity index (χ0) is 14.9. The van der Waals surface area contributed by atoms with Gasteiger partial charge in [0.1, 0.15) is 0 Å². The molecule has 0 aliphatic carbocycles. The van der Waals surface area contributed by atoms with Crippen LogP contribution in [0.5, 0.6) is 0 Å². The largest absolute Gasteiger partial charge is 0.329 e. The van der Waals surface area contributed by atoms with Gasteiger partial charge >= 0.3 is 0 Å². The van der Waals surface area contributed by atoms with Crippen molar-refractivity contribution in [1.29, 1.82) is 0 Å². The van der Waals surface area contributed by atoms with Crippen molar-refractivity contribution >= 4 is 0 Å². The monoisotopic (exact) mass is 271 g/mol. The smallest absolute Gasteiger partial charge is 0.266 e. The molecule has 0 spiro atoms. The van der Waals surface area contributed by atoms with Crippen LogP contribution in [0, 0.1) is 27.7 Å². The van der Waals surface area contributed by atoms with E-state index in [0.717, 1.165) is 11.3 Å². The highest BCUT2D eigenvalue weighted by Gasteiger charge is 2.12. The van der Waals surface area contributed by atoms with Crippen molar-refractivity contribution < 1.29 is 0 Å². The molecule has 106 valence electrons. The maximum absolute atomic E-state index is 11.7. The molecule has 0 aliphatic rings. The first kappa shape index (κ1) is 14.5. The number of rotatable bonds is 3. The van der Waals surface area contributed by atoms with Gasteiger partial charge in [-0.1, -0.05) is 6.07 Å². The summed E-state index contributed by atoms with van der Waals surface area (Å²) in [7, 11) is 0. The van der Waals surface area contributed by atoms with Crippen molar-refractivity contribution in [3.05, 3.63) is 50.8 Å². The molecule has 0 atom stereocenters. The molecule has 1 heterocycles. The molecule has 0 fully saturated rings. The fourth-order valence-electron chi connectivity index (χ4n) is 2.47. The highest BCUT2D eigenvalue weighted by Crippen LogP contribution is 2.29. The fraction of sp³-hybridized carbons (Fsp3) is 0.375. The molecule has 0 saturated heterocycles. The van der Waals surface area contributed by atoms with Gasteiger partial charge in [0.15, 0.2) is 0 Å². The van der Waals surface area contributed by atoms with Crippen LogP contribution < -0.4 is 11.3 Å². The Bertz CT molecular complexity index is 675. The summed E-state index contributed by atoms with van der Waals surface area (Å²) in [4.78, 5) is 11.7. The topological polar surface area (TPSA) is 60.9 Å². The summed E-state index contributed by atoms with van der Waals surface area (Å²) in [6.07, 6.45) is 0. The molecule has 0 saturated carbocycles.